The molecule has 2 aliphatic carbocycles. The zero-order chi connectivity index (χ0) is 21.1. The second-order valence-corrected chi connectivity index (χ2v) is 9.89. The van der Waals surface area contributed by atoms with E-state index in [4.69, 9.17) is 9.73 Å². The van der Waals surface area contributed by atoms with E-state index in [1.54, 1.807) is 0 Å². The standard InChI is InChI=1S/C24H42N4O2.HI/c1-4-17(5-2)22(29)28-14-9-18(10-15-28)26-23(25-6-3)27-20-19-11-16-30-21(19)24(20)12-7-8-13-24;/h17-21H,4-16H2,1-3H3,(H2,25,26,27);1H. The Labute approximate surface area is 205 Å². The van der Waals surface area contributed by atoms with Gasteiger partial charge in [-0.25, -0.2) is 0 Å². The first-order chi connectivity index (χ1) is 14.6. The maximum absolute atomic E-state index is 12.7. The smallest absolute Gasteiger partial charge is 0.225 e. The average molecular weight is 547 g/mol. The van der Waals surface area contributed by atoms with Gasteiger partial charge in [0, 0.05) is 55.6 Å². The Morgan fingerprint density at radius 1 is 1.10 bits per heavy atom. The minimum atomic E-state index is 0. The van der Waals surface area contributed by atoms with E-state index in [0.29, 0.717) is 35.4 Å². The van der Waals surface area contributed by atoms with Crippen LogP contribution in [0, 0.1) is 17.3 Å². The maximum Gasteiger partial charge on any atom is 0.225 e. The highest BCUT2D eigenvalue weighted by atomic mass is 127. The molecule has 0 aromatic rings. The van der Waals surface area contributed by atoms with Crippen molar-refractivity contribution in [1.82, 2.24) is 15.5 Å². The number of carbonyl (C=O) groups is 1. The highest BCUT2D eigenvalue weighted by Crippen LogP contribution is 2.60. The topological polar surface area (TPSA) is 66.0 Å². The Morgan fingerprint density at radius 3 is 2.39 bits per heavy atom. The van der Waals surface area contributed by atoms with Gasteiger partial charge in [0.15, 0.2) is 5.96 Å². The van der Waals surface area contributed by atoms with E-state index in [9.17, 15) is 4.79 Å². The molecule has 3 atom stereocenters. The van der Waals surface area contributed by atoms with Crippen molar-refractivity contribution >= 4 is 35.8 Å². The Bertz CT molecular complexity index is 625. The number of amides is 1. The molecular formula is C24H43IN4O2. The van der Waals surface area contributed by atoms with Crippen LogP contribution < -0.4 is 10.6 Å². The summed E-state index contributed by atoms with van der Waals surface area (Å²) in [5.74, 6) is 2.16. The minimum Gasteiger partial charge on any atom is -0.377 e. The van der Waals surface area contributed by atoms with Gasteiger partial charge in [0.25, 0.3) is 0 Å². The second kappa shape index (κ2) is 11.0. The number of piperidine rings is 1. The van der Waals surface area contributed by atoms with Crippen LogP contribution in [-0.4, -0.2) is 61.2 Å². The molecule has 7 heteroatoms. The van der Waals surface area contributed by atoms with E-state index in [0.717, 1.165) is 57.9 Å². The lowest BCUT2D eigenvalue weighted by Crippen LogP contribution is -2.69. The monoisotopic (exact) mass is 546 g/mol. The van der Waals surface area contributed by atoms with Crippen LogP contribution >= 0.6 is 24.0 Å². The molecular weight excluding hydrogens is 503 g/mol. The van der Waals surface area contributed by atoms with E-state index >= 15 is 0 Å². The Balaban J connectivity index is 0.00000272. The van der Waals surface area contributed by atoms with Crippen molar-refractivity contribution in [3.8, 4) is 0 Å². The molecule has 2 aliphatic heterocycles. The largest absolute Gasteiger partial charge is 0.377 e. The number of halogens is 1. The van der Waals surface area contributed by atoms with Gasteiger partial charge in [0.05, 0.1) is 6.10 Å². The van der Waals surface area contributed by atoms with Crippen molar-refractivity contribution in [3.05, 3.63) is 0 Å². The Morgan fingerprint density at radius 2 is 1.77 bits per heavy atom. The van der Waals surface area contributed by atoms with Gasteiger partial charge in [-0.1, -0.05) is 26.7 Å². The quantitative estimate of drug-likeness (QED) is 0.301. The summed E-state index contributed by atoms with van der Waals surface area (Å²) in [6.45, 7) is 9.77. The minimum absolute atomic E-state index is 0. The third-order valence-corrected chi connectivity index (χ3v) is 8.38. The van der Waals surface area contributed by atoms with E-state index in [1.165, 1.54) is 32.1 Å². The third kappa shape index (κ3) is 4.87. The summed E-state index contributed by atoms with van der Waals surface area (Å²) in [5.41, 5.74) is 0.336. The first-order valence-corrected chi connectivity index (χ1v) is 12.6. The lowest BCUT2D eigenvalue weighted by Gasteiger charge is -2.57. The number of hydrogen-bond acceptors (Lipinski definition) is 3. The molecule has 2 saturated heterocycles. The number of fused-ring (bicyclic) bond motifs is 2. The van der Waals surface area contributed by atoms with E-state index < -0.39 is 0 Å². The predicted octanol–water partition coefficient (Wildman–Crippen LogP) is 3.93. The number of hydrogen-bond donors (Lipinski definition) is 2. The SMILES string of the molecule is CCN=C(NC1CCN(C(=O)C(CC)CC)CC1)NC1C2CCOC2C12CCCC2.I. The molecule has 0 aromatic carbocycles. The molecule has 178 valence electrons. The molecule has 1 amide bonds. The van der Waals surface area contributed by atoms with Gasteiger partial charge >= 0.3 is 0 Å². The number of ether oxygens (including phenoxy) is 1. The molecule has 6 nitrogen and oxygen atoms in total. The van der Waals surface area contributed by atoms with Crippen LogP contribution in [0.2, 0.25) is 0 Å². The van der Waals surface area contributed by atoms with Gasteiger partial charge in [-0.15, -0.1) is 24.0 Å². The lowest BCUT2D eigenvalue weighted by atomic mass is 9.54. The number of nitrogens with zero attached hydrogens (tertiary/aromatic N) is 2. The van der Waals surface area contributed by atoms with Crippen LogP contribution in [0.25, 0.3) is 0 Å². The van der Waals surface area contributed by atoms with E-state index in [2.05, 4.69) is 36.3 Å². The highest BCUT2D eigenvalue weighted by Gasteiger charge is 2.65. The molecule has 2 heterocycles. The van der Waals surface area contributed by atoms with Gasteiger partial charge in [-0.3, -0.25) is 9.79 Å². The molecule has 4 fully saturated rings. The zero-order valence-electron chi connectivity index (χ0n) is 19.7. The molecule has 0 radical (unpaired) electrons. The fourth-order valence-corrected chi connectivity index (χ4v) is 6.68. The average Bonchev–Trinajstić information content (AvgIpc) is 3.42. The van der Waals surface area contributed by atoms with Crippen LogP contribution in [0.3, 0.4) is 0 Å². The number of aliphatic imine (C=N–C) groups is 1. The van der Waals surface area contributed by atoms with Gasteiger partial charge in [0.1, 0.15) is 0 Å². The highest BCUT2D eigenvalue weighted by molar-refractivity contribution is 14.0. The third-order valence-electron chi connectivity index (χ3n) is 8.38. The summed E-state index contributed by atoms with van der Waals surface area (Å²) in [6.07, 6.45) is 10.8. The van der Waals surface area contributed by atoms with Crippen LogP contribution in [0.5, 0.6) is 0 Å². The predicted molar refractivity (Wildman–Crippen MR) is 136 cm³/mol. The van der Waals surface area contributed by atoms with Gasteiger partial charge in [-0.2, -0.15) is 0 Å². The normalized spacial score (nSPS) is 30.1. The van der Waals surface area contributed by atoms with Crippen LogP contribution in [0.1, 0.15) is 78.6 Å². The summed E-state index contributed by atoms with van der Waals surface area (Å²) in [7, 11) is 0. The van der Waals surface area contributed by atoms with Crippen molar-refractivity contribution < 1.29 is 9.53 Å². The van der Waals surface area contributed by atoms with Gasteiger partial charge in [-0.05, 0) is 51.9 Å². The summed E-state index contributed by atoms with van der Waals surface area (Å²) in [5, 5.41) is 7.57. The second-order valence-electron chi connectivity index (χ2n) is 9.89. The van der Waals surface area contributed by atoms with E-state index in [1.807, 2.05) is 0 Å². The molecule has 2 N–H and O–H groups in total. The molecule has 1 spiro atoms. The molecule has 4 aliphatic rings. The van der Waals surface area contributed by atoms with Crippen LogP contribution in [-0.2, 0) is 9.53 Å². The zero-order valence-corrected chi connectivity index (χ0v) is 22.0. The number of rotatable bonds is 6. The number of carbonyl (C=O) groups excluding carboxylic acids is 1. The number of guanidine groups is 1. The van der Waals surface area contributed by atoms with Crippen molar-refractivity contribution in [2.45, 2.75) is 96.7 Å². The summed E-state index contributed by atoms with van der Waals surface area (Å²) >= 11 is 0. The lowest BCUT2D eigenvalue weighted by molar-refractivity contribution is -0.136. The summed E-state index contributed by atoms with van der Waals surface area (Å²) < 4.78 is 6.15. The van der Waals surface area contributed by atoms with Gasteiger partial charge < -0.3 is 20.3 Å². The molecule has 0 aromatic heterocycles. The maximum atomic E-state index is 12.7. The summed E-state index contributed by atoms with van der Waals surface area (Å²) in [6, 6.07) is 0.894. The number of likely N-dealkylation sites (tertiary alicyclic amines) is 1. The Hall–Kier alpha value is -0.570. The van der Waals surface area contributed by atoms with Gasteiger partial charge in [0.2, 0.25) is 5.91 Å². The first kappa shape index (κ1) is 25.1. The van der Waals surface area contributed by atoms with Crippen molar-refractivity contribution in [2.24, 2.45) is 22.2 Å². The molecule has 2 saturated carbocycles. The first-order valence-electron chi connectivity index (χ1n) is 12.6. The molecule has 31 heavy (non-hydrogen) atoms. The van der Waals surface area contributed by atoms with Crippen LogP contribution in [0.4, 0.5) is 0 Å². The summed E-state index contributed by atoms with van der Waals surface area (Å²) in [4.78, 5) is 19.6. The van der Waals surface area contributed by atoms with E-state index in [-0.39, 0.29) is 29.9 Å². The number of nitrogens with one attached hydrogen (secondary N) is 2. The Kier molecular flexibility index (Phi) is 8.92. The van der Waals surface area contributed by atoms with Crippen molar-refractivity contribution in [2.75, 3.05) is 26.2 Å². The van der Waals surface area contributed by atoms with Crippen molar-refractivity contribution in [1.29, 1.82) is 0 Å². The fourth-order valence-electron chi connectivity index (χ4n) is 6.68. The molecule has 4 rings (SSSR count). The van der Waals surface area contributed by atoms with Crippen molar-refractivity contribution in [3.63, 3.8) is 0 Å². The fraction of sp³-hybridized carbons (Fsp3) is 0.917. The van der Waals surface area contributed by atoms with Crippen LogP contribution in [0.15, 0.2) is 4.99 Å². The molecule has 3 unspecified atom stereocenters. The molecule has 0 bridgehead atoms.